The molecular weight excluding hydrogens is 250 g/mol. The van der Waals surface area contributed by atoms with Crippen LogP contribution in [0.1, 0.15) is 30.1 Å². The van der Waals surface area contributed by atoms with Gasteiger partial charge in [0.25, 0.3) is 0 Å². The highest BCUT2D eigenvalue weighted by molar-refractivity contribution is 5.33. The average Bonchev–Trinajstić information content (AvgIpc) is 2.29. The van der Waals surface area contributed by atoms with E-state index in [-0.39, 0.29) is 5.56 Å². The van der Waals surface area contributed by atoms with Gasteiger partial charge in [-0.3, -0.25) is 0 Å². The number of alkyl halides is 3. The SMILES string of the molecule is NC1CCCOC1c1ccc(F)cc1C(F)(F)F. The molecule has 100 valence electrons. The number of hydrogen-bond acceptors (Lipinski definition) is 2. The Balaban J connectivity index is 2.43. The second-order valence-electron chi connectivity index (χ2n) is 4.33. The Morgan fingerprint density at radius 2 is 2.00 bits per heavy atom. The van der Waals surface area contributed by atoms with Gasteiger partial charge in [0, 0.05) is 12.6 Å². The van der Waals surface area contributed by atoms with E-state index in [1.807, 2.05) is 0 Å². The summed E-state index contributed by atoms with van der Waals surface area (Å²) in [4.78, 5) is 0. The zero-order chi connectivity index (χ0) is 13.3. The summed E-state index contributed by atoms with van der Waals surface area (Å²) in [7, 11) is 0. The number of rotatable bonds is 1. The van der Waals surface area contributed by atoms with E-state index in [0.29, 0.717) is 19.1 Å². The lowest BCUT2D eigenvalue weighted by atomic mass is 9.93. The van der Waals surface area contributed by atoms with Crippen LogP contribution in [0, 0.1) is 5.82 Å². The zero-order valence-corrected chi connectivity index (χ0v) is 9.51. The van der Waals surface area contributed by atoms with Gasteiger partial charge in [0.05, 0.1) is 11.7 Å². The standard InChI is InChI=1S/C12H13F4NO/c13-7-3-4-8(9(6-7)12(14,15)16)11-10(17)2-1-5-18-11/h3-4,6,10-11H,1-2,5,17H2. The molecule has 1 aliphatic rings. The van der Waals surface area contributed by atoms with Crippen LogP contribution in [-0.4, -0.2) is 12.6 Å². The number of halogens is 4. The predicted molar refractivity (Wildman–Crippen MR) is 57.3 cm³/mol. The predicted octanol–water partition coefficient (Wildman–Crippen LogP) is 3.02. The molecule has 2 rings (SSSR count). The molecule has 0 amide bonds. The van der Waals surface area contributed by atoms with Crippen molar-refractivity contribution in [3.05, 3.63) is 35.1 Å². The summed E-state index contributed by atoms with van der Waals surface area (Å²) in [5.74, 6) is -0.921. The van der Waals surface area contributed by atoms with Crippen LogP contribution in [0.25, 0.3) is 0 Å². The minimum absolute atomic E-state index is 0.0869. The summed E-state index contributed by atoms with van der Waals surface area (Å²) < 4.78 is 56.8. The zero-order valence-electron chi connectivity index (χ0n) is 9.51. The summed E-state index contributed by atoms with van der Waals surface area (Å²) in [6, 6.07) is 2.09. The maximum Gasteiger partial charge on any atom is 0.416 e. The van der Waals surface area contributed by atoms with Gasteiger partial charge in [-0.05, 0) is 30.5 Å². The molecule has 2 atom stereocenters. The first-order chi connectivity index (χ1) is 8.39. The first-order valence-electron chi connectivity index (χ1n) is 5.63. The lowest BCUT2D eigenvalue weighted by Crippen LogP contribution is -2.35. The van der Waals surface area contributed by atoms with E-state index in [1.54, 1.807) is 0 Å². The van der Waals surface area contributed by atoms with Crippen molar-refractivity contribution in [2.75, 3.05) is 6.61 Å². The topological polar surface area (TPSA) is 35.2 Å². The fourth-order valence-electron chi connectivity index (χ4n) is 2.15. The third kappa shape index (κ3) is 2.64. The van der Waals surface area contributed by atoms with E-state index in [0.717, 1.165) is 18.6 Å². The summed E-state index contributed by atoms with van der Waals surface area (Å²) in [6.07, 6.45) is -4.12. The molecule has 1 saturated heterocycles. The third-order valence-electron chi connectivity index (χ3n) is 3.00. The van der Waals surface area contributed by atoms with Crippen molar-refractivity contribution in [3.8, 4) is 0 Å². The fourth-order valence-corrected chi connectivity index (χ4v) is 2.15. The van der Waals surface area contributed by atoms with Crippen molar-refractivity contribution in [3.63, 3.8) is 0 Å². The highest BCUT2D eigenvalue weighted by atomic mass is 19.4. The van der Waals surface area contributed by atoms with Crippen LogP contribution >= 0.6 is 0 Å². The molecule has 2 N–H and O–H groups in total. The Morgan fingerprint density at radius 1 is 1.28 bits per heavy atom. The van der Waals surface area contributed by atoms with Gasteiger partial charge in [0.2, 0.25) is 0 Å². The molecule has 1 aliphatic heterocycles. The largest absolute Gasteiger partial charge is 0.416 e. The van der Waals surface area contributed by atoms with E-state index in [9.17, 15) is 17.6 Å². The van der Waals surface area contributed by atoms with Crippen LogP contribution in [0.15, 0.2) is 18.2 Å². The van der Waals surface area contributed by atoms with Gasteiger partial charge in [0.1, 0.15) is 5.82 Å². The molecule has 1 aromatic rings. The van der Waals surface area contributed by atoms with Crippen molar-refractivity contribution in [1.82, 2.24) is 0 Å². The molecular formula is C12H13F4NO. The van der Waals surface area contributed by atoms with Gasteiger partial charge in [0.15, 0.2) is 0 Å². The van der Waals surface area contributed by atoms with Crippen molar-refractivity contribution in [2.45, 2.75) is 31.2 Å². The molecule has 6 heteroatoms. The van der Waals surface area contributed by atoms with Crippen molar-refractivity contribution in [1.29, 1.82) is 0 Å². The Bertz CT molecular complexity index is 433. The monoisotopic (exact) mass is 263 g/mol. The summed E-state index contributed by atoms with van der Waals surface area (Å²) in [5.41, 5.74) is 4.68. The van der Waals surface area contributed by atoms with E-state index >= 15 is 0 Å². The summed E-state index contributed by atoms with van der Waals surface area (Å²) in [5, 5.41) is 0. The van der Waals surface area contributed by atoms with Crippen LogP contribution in [0.2, 0.25) is 0 Å². The van der Waals surface area contributed by atoms with Gasteiger partial charge < -0.3 is 10.5 Å². The molecule has 0 bridgehead atoms. The van der Waals surface area contributed by atoms with Crippen molar-refractivity contribution >= 4 is 0 Å². The van der Waals surface area contributed by atoms with Crippen LogP contribution in [0.3, 0.4) is 0 Å². The Hall–Kier alpha value is -1.14. The quantitative estimate of drug-likeness (QED) is 0.790. The van der Waals surface area contributed by atoms with Crippen molar-refractivity contribution in [2.24, 2.45) is 5.73 Å². The van der Waals surface area contributed by atoms with Crippen LogP contribution in [0.4, 0.5) is 17.6 Å². The normalized spacial score (nSPS) is 25.2. The Morgan fingerprint density at radius 3 is 2.61 bits per heavy atom. The molecule has 1 heterocycles. The molecule has 2 nitrogen and oxygen atoms in total. The maximum atomic E-state index is 13.0. The number of hydrogen-bond donors (Lipinski definition) is 1. The Kier molecular flexibility index (Phi) is 3.59. The van der Waals surface area contributed by atoms with E-state index < -0.39 is 29.7 Å². The number of ether oxygens (including phenoxy) is 1. The van der Waals surface area contributed by atoms with Crippen LogP contribution < -0.4 is 5.73 Å². The highest BCUT2D eigenvalue weighted by Gasteiger charge is 2.38. The van der Waals surface area contributed by atoms with Crippen molar-refractivity contribution < 1.29 is 22.3 Å². The van der Waals surface area contributed by atoms with Crippen LogP contribution in [-0.2, 0) is 10.9 Å². The number of benzene rings is 1. The van der Waals surface area contributed by atoms with Gasteiger partial charge in [-0.15, -0.1) is 0 Å². The second kappa shape index (κ2) is 4.85. The molecule has 1 aromatic carbocycles. The average molecular weight is 263 g/mol. The molecule has 0 aromatic heterocycles. The second-order valence-corrected chi connectivity index (χ2v) is 4.33. The lowest BCUT2D eigenvalue weighted by molar-refractivity contribution is -0.140. The third-order valence-corrected chi connectivity index (χ3v) is 3.00. The molecule has 0 aliphatic carbocycles. The molecule has 18 heavy (non-hydrogen) atoms. The summed E-state index contributed by atoms with van der Waals surface area (Å²) >= 11 is 0. The first kappa shape index (κ1) is 13.3. The first-order valence-corrected chi connectivity index (χ1v) is 5.63. The molecule has 0 spiro atoms. The molecule has 0 radical (unpaired) electrons. The summed E-state index contributed by atoms with van der Waals surface area (Å²) in [6.45, 7) is 0.368. The number of nitrogens with two attached hydrogens (primary N) is 1. The molecule has 1 fully saturated rings. The fraction of sp³-hybridized carbons (Fsp3) is 0.500. The lowest BCUT2D eigenvalue weighted by Gasteiger charge is -2.31. The molecule has 2 unspecified atom stereocenters. The van der Waals surface area contributed by atoms with Gasteiger partial charge in [-0.25, -0.2) is 4.39 Å². The van der Waals surface area contributed by atoms with Gasteiger partial charge in [-0.1, -0.05) is 6.07 Å². The maximum absolute atomic E-state index is 13.0. The van der Waals surface area contributed by atoms with Gasteiger partial charge >= 0.3 is 6.18 Å². The molecule has 0 saturated carbocycles. The Labute approximate surface area is 102 Å². The highest BCUT2D eigenvalue weighted by Crippen LogP contribution is 2.38. The minimum Gasteiger partial charge on any atom is -0.372 e. The van der Waals surface area contributed by atoms with E-state index in [2.05, 4.69) is 0 Å². The van der Waals surface area contributed by atoms with Gasteiger partial charge in [-0.2, -0.15) is 13.2 Å². The van der Waals surface area contributed by atoms with E-state index in [4.69, 9.17) is 10.5 Å². The minimum atomic E-state index is -4.61. The smallest absolute Gasteiger partial charge is 0.372 e. The van der Waals surface area contributed by atoms with Crippen LogP contribution in [0.5, 0.6) is 0 Å². The van der Waals surface area contributed by atoms with E-state index in [1.165, 1.54) is 0 Å².